The molecule has 5 nitrogen and oxygen atoms in total. The number of carbonyl (C=O) groups is 1. The molecular formula is C17H19N3O2S. The maximum absolute atomic E-state index is 12.1. The van der Waals surface area contributed by atoms with Gasteiger partial charge < -0.3 is 4.74 Å². The maximum Gasteiger partial charge on any atom is 0.348 e. The molecule has 0 aliphatic heterocycles. The number of nitrogens with zero attached hydrogens (tertiary/aromatic N) is 3. The molecule has 23 heavy (non-hydrogen) atoms. The lowest BCUT2D eigenvalue weighted by Crippen LogP contribution is -2.15. The van der Waals surface area contributed by atoms with Crippen LogP contribution in [0, 0.1) is 39.9 Å². The molecule has 1 fully saturated rings. The molecule has 1 aliphatic carbocycles. The van der Waals surface area contributed by atoms with E-state index in [9.17, 15) is 20.6 Å². The lowest BCUT2D eigenvalue weighted by molar-refractivity contribution is -0.138. The van der Waals surface area contributed by atoms with Crippen LogP contribution < -0.4 is 0 Å². The van der Waals surface area contributed by atoms with Crippen LogP contribution in [0.5, 0.6) is 0 Å². The van der Waals surface area contributed by atoms with Crippen LogP contribution in [0.15, 0.2) is 21.6 Å². The van der Waals surface area contributed by atoms with Gasteiger partial charge >= 0.3 is 5.97 Å². The van der Waals surface area contributed by atoms with Crippen molar-refractivity contribution in [2.75, 3.05) is 12.9 Å². The zero-order chi connectivity index (χ0) is 17.2. The maximum atomic E-state index is 12.1. The first-order valence-corrected chi connectivity index (χ1v) is 8.75. The minimum Gasteiger partial charge on any atom is -0.462 e. The molecule has 0 amide bonds. The van der Waals surface area contributed by atoms with Gasteiger partial charge in [0.15, 0.2) is 0 Å². The molecule has 0 radical (unpaired) electrons. The fourth-order valence-corrected chi connectivity index (χ4v) is 3.62. The molecule has 0 N–H and O–H groups in total. The van der Waals surface area contributed by atoms with Crippen molar-refractivity contribution in [3.63, 3.8) is 0 Å². The Morgan fingerprint density at radius 3 is 2.43 bits per heavy atom. The second-order valence-electron chi connectivity index (χ2n) is 5.05. The number of thioether (sulfide) groups is 1. The summed E-state index contributed by atoms with van der Waals surface area (Å²) in [5, 5.41) is 27.8. The van der Waals surface area contributed by atoms with E-state index in [1.165, 1.54) is 11.8 Å². The van der Waals surface area contributed by atoms with Gasteiger partial charge in [0, 0.05) is 10.8 Å². The van der Waals surface area contributed by atoms with Crippen molar-refractivity contribution in [1.29, 1.82) is 15.8 Å². The molecule has 0 unspecified atom stereocenters. The number of allylic oxidation sites excluding steroid dienone is 3. The van der Waals surface area contributed by atoms with Gasteiger partial charge in [0.05, 0.1) is 6.61 Å². The van der Waals surface area contributed by atoms with Crippen molar-refractivity contribution in [2.24, 2.45) is 5.92 Å². The topological polar surface area (TPSA) is 97.7 Å². The summed E-state index contributed by atoms with van der Waals surface area (Å²) in [7, 11) is 0. The number of ether oxygens (including phenoxy) is 1. The van der Waals surface area contributed by atoms with Gasteiger partial charge in [-0.15, -0.1) is 11.8 Å². The minimum absolute atomic E-state index is 0.0283. The van der Waals surface area contributed by atoms with Gasteiger partial charge in [-0.3, -0.25) is 0 Å². The summed E-state index contributed by atoms with van der Waals surface area (Å²) in [6.07, 6.45) is 5.96. The summed E-state index contributed by atoms with van der Waals surface area (Å²) in [4.78, 5) is 12.7. The zero-order valence-electron chi connectivity index (χ0n) is 13.4. The average molecular weight is 329 g/mol. The van der Waals surface area contributed by atoms with Crippen LogP contribution in [0.1, 0.15) is 39.0 Å². The molecule has 6 heteroatoms. The van der Waals surface area contributed by atoms with Crippen molar-refractivity contribution in [3.8, 4) is 18.2 Å². The molecule has 0 bridgehead atoms. The van der Waals surface area contributed by atoms with Gasteiger partial charge in [-0.1, -0.05) is 12.8 Å². The Hall–Kier alpha value is -2.23. The highest BCUT2D eigenvalue weighted by Gasteiger charge is 2.29. The van der Waals surface area contributed by atoms with Crippen molar-refractivity contribution in [2.45, 2.75) is 39.0 Å². The van der Waals surface area contributed by atoms with Gasteiger partial charge in [0.2, 0.25) is 0 Å². The van der Waals surface area contributed by atoms with E-state index in [1.54, 1.807) is 6.92 Å². The Morgan fingerprint density at radius 1 is 1.22 bits per heavy atom. The third-order valence-corrected chi connectivity index (χ3v) is 4.71. The average Bonchev–Trinajstić information content (AvgIpc) is 2.79. The van der Waals surface area contributed by atoms with Crippen LogP contribution in [-0.2, 0) is 9.53 Å². The largest absolute Gasteiger partial charge is 0.462 e. The predicted molar refractivity (Wildman–Crippen MR) is 87.6 cm³/mol. The van der Waals surface area contributed by atoms with Gasteiger partial charge in [0.25, 0.3) is 0 Å². The molecule has 1 saturated carbocycles. The summed E-state index contributed by atoms with van der Waals surface area (Å²) in [6, 6.07) is 5.83. The number of carbonyl (C=O) groups excluding carboxylic acids is 1. The quantitative estimate of drug-likeness (QED) is 0.338. The van der Waals surface area contributed by atoms with Crippen molar-refractivity contribution < 1.29 is 9.53 Å². The lowest BCUT2D eigenvalue weighted by atomic mass is 9.88. The number of rotatable bonds is 4. The first kappa shape index (κ1) is 18.8. The normalized spacial score (nSPS) is 19.3. The fourth-order valence-electron chi connectivity index (χ4n) is 2.78. The predicted octanol–water partition coefficient (Wildman–Crippen LogP) is 3.61. The Bertz CT molecular complexity index is 628. The molecular weight excluding hydrogens is 310 g/mol. The Morgan fingerprint density at radius 2 is 1.91 bits per heavy atom. The summed E-state index contributed by atoms with van der Waals surface area (Å²) < 4.78 is 4.99. The number of nitriles is 3. The van der Waals surface area contributed by atoms with Crippen LogP contribution in [-0.4, -0.2) is 18.8 Å². The van der Waals surface area contributed by atoms with Gasteiger partial charge in [0.1, 0.15) is 29.4 Å². The summed E-state index contributed by atoms with van der Waals surface area (Å²) in [5.41, 5.74) is 0.791. The highest BCUT2D eigenvalue weighted by molar-refractivity contribution is 8.02. The van der Waals surface area contributed by atoms with E-state index in [-0.39, 0.29) is 23.7 Å². The Kier molecular flexibility index (Phi) is 7.95. The smallest absolute Gasteiger partial charge is 0.348 e. The first-order valence-electron chi connectivity index (χ1n) is 7.53. The van der Waals surface area contributed by atoms with Crippen molar-refractivity contribution in [3.05, 3.63) is 21.6 Å². The van der Waals surface area contributed by atoms with Crippen molar-refractivity contribution >= 4 is 17.7 Å². The standard InChI is InChI=1S/C17H19N3O2S/c1-3-22-17(21)15(11-20)13-7-5-4-6-8-14(13)16(23-2)12(9-18)10-19/h14H,3-8H2,1-2H3/b15-13+/t14-/m1/s1. The van der Waals surface area contributed by atoms with Crippen LogP contribution in [0.3, 0.4) is 0 Å². The SMILES string of the molecule is CCOC(=O)/C(C#N)=C1\CCCCC[C@H]1C(SC)=C(C#N)C#N. The Balaban J connectivity index is 3.49. The summed E-state index contributed by atoms with van der Waals surface area (Å²) in [6.45, 7) is 1.90. The van der Waals surface area contributed by atoms with E-state index in [0.717, 1.165) is 25.7 Å². The molecule has 0 saturated heterocycles. The molecule has 0 heterocycles. The Labute approximate surface area is 141 Å². The molecule has 120 valence electrons. The highest BCUT2D eigenvalue weighted by atomic mass is 32.2. The van der Waals surface area contributed by atoms with Gasteiger partial charge in [-0.05, 0) is 38.0 Å². The molecule has 1 atom stereocenters. The van der Waals surface area contributed by atoms with Crippen molar-refractivity contribution in [1.82, 2.24) is 0 Å². The van der Waals surface area contributed by atoms with E-state index >= 15 is 0 Å². The van der Waals surface area contributed by atoms with Gasteiger partial charge in [-0.25, -0.2) is 4.79 Å². The number of esters is 1. The van der Waals surface area contributed by atoms with E-state index in [0.29, 0.717) is 16.9 Å². The molecule has 0 aromatic heterocycles. The fraction of sp³-hybridized carbons (Fsp3) is 0.529. The highest BCUT2D eigenvalue weighted by Crippen LogP contribution is 2.40. The van der Waals surface area contributed by atoms with Gasteiger partial charge in [-0.2, -0.15) is 15.8 Å². The van der Waals surface area contributed by atoms with Crippen LogP contribution in [0.4, 0.5) is 0 Å². The molecule has 1 aliphatic rings. The van der Waals surface area contributed by atoms with E-state index in [2.05, 4.69) is 0 Å². The lowest BCUT2D eigenvalue weighted by Gasteiger charge is -2.21. The first-order chi connectivity index (χ1) is 11.1. The second-order valence-corrected chi connectivity index (χ2v) is 5.90. The number of hydrogen-bond donors (Lipinski definition) is 0. The zero-order valence-corrected chi connectivity index (χ0v) is 14.2. The third-order valence-electron chi connectivity index (χ3n) is 3.78. The van der Waals surface area contributed by atoms with Crippen LogP contribution in [0.2, 0.25) is 0 Å². The molecule has 0 spiro atoms. The second kappa shape index (κ2) is 9.72. The minimum atomic E-state index is -0.618. The molecule has 1 rings (SSSR count). The third kappa shape index (κ3) is 4.62. The summed E-state index contributed by atoms with van der Waals surface area (Å²) >= 11 is 1.34. The van der Waals surface area contributed by atoms with Crippen LogP contribution >= 0.6 is 11.8 Å². The van der Waals surface area contributed by atoms with E-state index in [1.807, 2.05) is 24.5 Å². The van der Waals surface area contributed by atoms with E-state index in [4.69, 9.17) is 4.74 Å². The monoisotopic (exact) mass is 329 g/mol. The molecule has 0 aromatic carbocycles. The summed E-state index contributed by atoms with van der Waals surface area (Å²) in [5.74, 6) is -0.853. The van der Waals surface area contributed by atoms with E-state index < -0.39 is 5.97 Å². The van der Waals surface area contributed by atoms with Crippen LogP contribution in [0.25, 0.3) is 0 Å². The number of hydrogen-bond acceptors (Lipinski definition) is 6. The molecule has 0 aromatic rings.